The third kappa shape index (κ3) is 4.97. The van der Waals surface area contributed by atoms with Crippen LogP contribution in [0.5, 0.6) is 11.6 Å². The quantitative estimate of drug-likeness (QED) is 0.457. The lowest BCUT2D eigenvalue weighted by Crippen LogP contribution is -2.40. The summed E-state index contributed by atoms with van der Waals surface area (Å²) in [6, 6.07) is 8.51. The Labute approximate surface area is 207 Å². The number of pyridine rings is 2. The molecular weight excluding hydrogens is 467 g/mol. The molecule has 0 saturated carbocycles. The van der Waals surface area contributed by atoms with Gasteiger partial charge in [-0.05, 0) is 62.0 Å². The number of aliphatic hydroxyl groups is 2. The number of carbonyl (C=O) groups is 1. The number of halogens is 1. The number of rotatable bonds is 7. The Morgan fingerprint density at radius 1 is 1.25 bits per heavy atom. The Kier molecular flexibility index (Phi) is 6.99. The first-order valence-electron chi connectivity index (χ1n) is 12.1. The zero-order valence-electron chi connectivity index (χ0n) is 20.0. The van der Waals surface area contributed by atoms with Crippen molar-refractivity contribution in [3.8, 4) is 11.6 Å². The maximum absolute atomic E-state index is 14.6. The van der Waals surface area contributed by atoms with Crippen molar-refractivity contribution in [3.63, 3.8) is 0 Å². The van der Waals surface area contributed by atoms with Crippen LogP contribution in [0.25, 0.3) is 11.0 Å². The van der Waals surface area contributed by atoms with Gasteiger partial charge in [0, 0.05) is 18.2 Å². The van der Waals surface area contributed by atoms with Crippen molar-refractivity contribution in [2.24, 2.45) is 5.92 Å². The van der Waals surface area contributed by atoms with Crippen molar-refractivity contribution in [1.29, 1.82) is 0 Å². The van der Waals surface area contributed by atoms with E-state index in [1.54, 1.807) is 30.3 Å². The van der Waals surface area contributed by atoms with Crippen LogP contribution in [0.2, 0.25) is 0 Å². The number of hydrogen-bond donors (Lipinski definition) is 3. The van der Waals surface area contributed by atoms with Gasteiger partial charge in [-0.2, -0.15) is 0 Å². The molecule has 1 aromatic carbocycles. The maximum atomic E-state index is 14.6. The summed E-state index contributed by atoms with van der Waals surface area (Å²) in [5.41, 5.74) is 2.66. The second-order valence-corrected chi connectivity index (χ2v) is 9.26. The van der Waals surface area contributed by atoms with Gasteiger partial charge in [0.2, 0.25) is 5.88 Å². The normalized spacial score (nSPS) is 18.3. The number of fused-ring (bicyclic) bond motifs is 2. The molecule has 1 amide bonds. The van der Waals surface area contributed by atoms with E-state index in [1.165, 1.54) is 13.3 Å². The fraction of sp³-hybridized carbons (Fsp3) is 0.423. The van der Waals surface area contributed by atoms with Gasteiger partial charge < -0.3 is 29.9 Å². The zero-order chi connectivity index (χ0) is 25.2. The molecule has 3 aromatic rings. The molecule has 2 atom stereocenters. The molecular formula is C26H29FN4O5. The van der Waals surface area contributed by atoms with Crippen LogP contribution in [-0.4, -0.2) is 70.4 Å². The number of aliphatic hydroxyl groups excluding tert-OH is 2. The Hall–Kier alpha value is -3.34. The summed E-state index contributed by atoms with van der Waals surface area (Å²) >= 11 is 0. The molecule has 190 valence electrons. The topological polar surface area (TPSA) is 117 Å². The monoisotopic (exact) mass is 496 g/mol. The average molecular weight is 497 g/mol. The minimum atomic E-state index is -1.08. The van der Waals surface area contributed by atoms with Crippen molar-refractivity contribution in [3.05, 3.63) is 53.5 Å². The second kappa shape index (κ2) is 10.3. The molecule has 0 radical (unpaired) electrons. The molecule has 2 aliphatic rings. The number of methoxy groups -OCH3 is 1. The van der Waals surface area contributed by atoms with Gasteiger partial charge in [0.1, 0.15) is 17.7 Å². The van der Waals surface area contributed by atoms with Gasteiger partial charge in [0.25, 0.3) is 5.91 Å². The summed E-state index contributed by atoms with van der Waals surface area (Å²) in [7, 11) is 1.52. The van der Waals surface area contributed by atoms with Crippen molar-refractivity contribution in [1.82, 2.24) is 14.9 Å². The first kappa shape index (κ1) is 24.4. The smallest absolute Gasteiger partial charge is 0.262 e. The average Bonchev–Trinajstić information content (AvgIpc) is 2.91. The Morgan fingerprint density at radius 3 is 2.83 bits per heavy atom. The van der Waals surface area contributed by atoms with Crippen LogP contribution in [0, 0.1) is 11.7 Å². The molecule has 1 fully saturated rings. The fourth-order valence-corrected chi connectivity index (χ4v) is 4.96. The minimum Gasteiger partial charge on any atom is -0.482 e. The minimum absolute atomic E-state index is 0.0369. The second-order valence-electron chi connectivity index (χ2n) is 9.26. The first-order valence-corrected chi connectivity index (χ1v) is 12.1. The molecule has 10 heteroatoms. The highest BCUT2D eigenvalue weighted by molar-refractivity contribution is 5.95. The molecule has 0 spiro atoms. The Morgan fingerprint density at radius 2 is 2.06 bits per heavy atom. The van der Waals surface area contributed by atoms with E-state index >= 15 is 0 Å². The number of hydrogen-bond acceptors (Lipinski definition) is 8. The van der Waals surface area contributed by atoms with Crippen molar-refractivity contribution < 1.29 is 28.9 Å². The number of ether oxygens (including phenoxy) is 2. The van der Waals surface area contributed by atoms with E-state index in [4.69, 9.17) is 9.47 Å². The van der Waals surface area contributed by atoms with Crippen LogP contribution in [0.3, 0.4) is 0 Å². The van der Waals surface area contributed by atoms with E-state index in [0.29, 0.717) is 65.3 Å². The highest BCUT2D eigenvalue weighted by Gasteiger charge is 2.31. The molecule has 2 aliphatic heterocycles. The van der Waals surface area contributed by atoms with E-state index in [0.717, 1.165) is 13.1 Å². The number of benzene rings is 1. The lowest BCUT2D eigenvalue weighted by Gasteiger charge is -2.36. The van der Waals surface area contributed by atoms with E-state index in [-0.39, 0.29) is 24.2 Å². The number of piperidine rings is 1. The van der Waals surface area contributed by atoms with Gasteiger partial charge in [-0.3, -0.25) is 9.78 Å². The Bertz CT molecular complexity index is 1260. The lowest BCUT2D eigenvalue weighted by molar-refractivity contribution is -0.118. The van der Waals surface area contributed by atoms with Gasteiger partial charge in [-0.1, -0.05) is 6.07 Å². The standard InChI is InChI=1S/C26H29FN4O5/c1-35-23-5-3-19-24(30-23)17(18(27)13-28-19)8-11-31-9-6-15(7-10-31)25(33)26(34)16-2-4-21-20(12-16)29-22(32)14-36-21/h2-5,12-13,15,25-26,33-34H,6-11,14H2,1H3,(H,29,32)/t25-,26-/m1/s1. The molecule has 0 aliphatic carbocycles. The SMILES string of the molecule is COc1ccc2ncc(F)c(CCN3CCC([C@@H](O)[C@H](O)c4ccc5c(c4)NC(=O)CO5)CC3)c2n1. The summed E-state index contributed by atoms with van der Waals surface area (Å²) in [6.07, 6.45) is 1.09. The number of amides is 1. The predicted octanol–water partition coefficient (Wildman–Crippen LogP) is 2.46. The summed E-state index contributed by atoms with van der Waals surface area (Å²) in [5, 5.41) is 24.4. The van der Waals surface area contributed by atoms with E-state index in [9.17, 15) is 19.4 Å². The van der Waals surface area contributed by atoms with Gasteiger partial charge in [-0.15, -0.1) is 0 Å². The Balaban J connectivity index is 1.19. The summed E-state index contributed by atoms with van der Waals surface area (Å²) < 4.78 is 25.1. The van der Waals surface area contributed by atoms with Crippen LogP contribution < -0.4 is 14.8 Å². The fourth-order valence-electron chi connectivity index (χ4n) is 4.96. The highest BCUT2D eigenvalue weighted by Crippen LogP contribution is 2.34. The van der Waals surface area contributed by atoms with Crippen LogP contribution in [0.1, 0.15) is 30.1 Å². The van der Waals surface area contributed by atoms with Crippen LogP contribution in [0.15, 0.2) is 36.5 Å². The molecule has 36 heavy (non-hydrogen) atoms. The number of anilines is 1. The molecule has 3 N–H and O–H groups in total. The number of nitrogens with zero attached hydrogens (tertiary/aromatic N) is 3. The molecule has 4 heterocycles. The summed E-state index contributed by atoms with van der Waals surface area (Å²) in [6.45, 7) is 2.06. The predicted molar refractivity (Wildman–Crippen MR) is 130 cm³/mol. The molecule has 0 unspecified atom stereocenters. The van der Waals surface area contributed by atoms with Crippen molar-refractivity contribution in [2.75, 3.05) is 38.7 Å². The number of aromatic nitrogens is 2. The number of carbonyl (C=O) groups excluding carboxylic acids is 1. The van der Waals surface area contributed by atoms with Crippen LogP contribution in [-0.2, 0) is 11.2 Å². The van der Waals surface area contributed by atoms with Crippen LogP contribution >= 0.6 is 0 Å². The molecule has 2 aromatic heterocycles. The number of likely N-dealkylation sites (tertiary alicyclic amines) is 1. The van der Waals surface area contributed by atoms with E-state index in [1.807, 2.05) is 0 Å². The van der Waals surface area contributed by atoms with Crippen molar-refractivity contribution in [2.45, 2.75) is 31.5 Å². The van der Waals surface area contributed by atoms with Gasteiger partial charge in [-0.25, -0.2) is 9.37 Å². The molecule has 1 saturated heterocycles. The van der Waals surface area contributed by atoms with Gasteiger partial charge in [0.15, 0.2) is 6.61 Å². The maximum Gasteiger partial charge on any atom is 0.262 e. The third-order valence-corrected chi connectivity index (χ3v) is 7.04. The summed E-state index contributed by atoms with van der Waals surface area (Å²) in [4.78, 5) is 22.3. The summed E-state index contributed by atoms with van der Waals surface area (Å²) in [5.74, 6) is 0.237. The largest absolute Gasteiger partial charge is 0.482 e. The van der Waals surface area contributed by atoms with E-state index < -0.39 is 12.2 Å². The molecule has 5 rings (SSSR count). The third-order valence-electron chi connectivity index (χ3n) is 7.04. The van der Waals surface area contributed by atoms with Crippen LogP contribution in [0.4, 0.5) is 10.1 Å². The molecule has 0 bridgehead atoms. The van der Waals surface area contributed by atoms with E-state index in [2.05, 4.69) is 20.2 Å². The highest BCUT2D eigenvalue weighted by atomic mass is 19.1. The first-order chi connectivity index (χ1) is 17.4. The van der Waals surface area contributed by atoms with Gasteiger partial charge in [0.05, 0.1) is 36.1 Å². The van der Waals surface area contributed by atoms with Crippen molar-refractivity contribution >= 4 is 22.6 Å². The van der Waals surface area contributed by atoms with Gasteiger partial charge >= 0.3 is 0 Å². The lowest BCUT2D eigenvalue weighted by atomic mass is 9.86. The zero-order valence-corrected chi connectivity index (χ0v) is 20.0. The number of nitrogens with one attached hydrogen (secondary N) is 1. The molecule has 9 nitrogen and oxygen atoms in total.